The Hall–Kier alpha value is -7.41. The number of nitrogens with zero attached hydrogens (tertiary/aromatic N) is 4. The molecule has 8 aromatic carbocycles. The van der Waals surface area contributed by atoms with Gasteiger partial charge in [0.15, 0.2) is 17.5 Å². The Bertz CT molecular complexity index is 3420. The molecule has 0 aliphatic carbocycles. The lowest BCUT2D eigenvalue weighted by molar-refractivity contribution is 0.669. The van der Waals surface area contributed by atoms with Crippen LogP contribution >= 0.6 is 11.3 Å². The maximum Gasteiger partial charge on any atom is 0.164 e. The van der Waals surface area contributed by atoms with Gasteiger partial charge in [0.05, 0.1) is 16.7 Å². The van der Waals surface area contributed by atoms with Crippen LogP contribution in [-0.2, 0) is 0 Å². The number of hydrogen-bond acceptors (Lipinski definition) is 5. The topological polar surface area (TPSA) is 56.7 Å². The van der Waals surface area contributed by atoms with E-state index >= 15 is 0 Å². The van der Waals surface area contributed by atoms with Gasteiger partial charge in [-0.2, -0.15) is 0 Å². The highest BCUT2D eigenvalue weighted by Crippen LogP contribution is 2.43. The second-order valence-corrected chi connectivity index (χ2v) is 15.4. The van der Waals surface area contributed by atoms with Crippen molar-refractivity contribution in [2.24, 2.45) is 0 Å². The van der Waals surface area contributed by atoms with Gasteiger partial charge in [0, 0.05) is 58.4 Å². The highest BCUT2D eigenvalue weighted by Gasteiger charge is 2.20. The van der Waals surface area contributed by atoms with Crippen LogP contribution in [0.2, 0.25) is 0 Å². The average Bonchev–Trinajstić information content (AvgIpc) is 3.96. The molecule has 12 aromatic rings. The van der Waals surface area contributed by atoms with Crippen LogP contribution in [0.25, 0.3) is 115 Å². The Kier molecular flexibility index (Phi) is 7.03. The highest BCUT2D eigenvalue weighted by atomic mass is 32.1. The van der Waals surface area contributed by atoms with Crippen molar-refractivity contribution in [3.63, 3.8) is 0 Å². The van der Waals surface area contributed by atoms with Crippen LogP contribution in [0.1, 0.15) is 0 Å². The summed E-state index contributed by atoms with van der Waals surface area (Å²) >= 11 is 1.84. The molecule has 0 aliphatic rings. The minimum atomic E-state index is 0.602. The van der Waals surface area contributed by atoms with E-state index in [4.69, 9.17) is 19.4 Å². The molecule has 5 nitrogen and oxygen atoms in total. The number of rotatable bonds is 5. The second kappa shape index (κ2) is 12.6. The van der Waals surface area contributed by atoms with Gasteiger partial charge in [0.1, 0.15) is 11.2 Å². The van der Waals surface area contributed by atoms with E-state index in [1.807, 2.05) is 84.1 Å². The van der Waals surface area contributed by atoms with E-state index in [0.717, 1.165) is 49.8 Å². The minimum absolute atomic E-state index is 0.602. The number of thiophene rings is 1. The van der Waals surface area contributed by atoms with Crippen LogP contribution in [0.3, 0.4) is 0 Å². The molecule has 57 heavy (non-hydrogen) atoms. The van der Waals surface area contributed by atoms with E-state index in [2.05, 4.69) is 114 Å². The SMILES string of the molecule is c1ccc(-c2nc(-c3ccccc3)nc(-c3cccc4oc5ccc(-c6ccc7sc8cccc(-n9c%10ccccc%10c%10ccccc%109)c8c7c6)cc5c34)n2)cc1. The number of fused-ring (bicyclic) bond motifs is 9. The molecular weight excluding hydrogens is 717 g/mol. The molecule has 0 aliphatic heterocycles. The first-order chi connectivity index (χ1) is 28.2. The maximum absolute atomic E-state index is 6.51. The summed E-state index contributed by atoms with van der Waals surface area (Å²) in [5.41, 5.74) is 10.2. The smallest absolute Gasteiger partial charge is 0.164 e. The summed E-state index contributed by atoms with van der Waals surface area (Å²) in [7, 11) is 0. The van der Waals surface area contributed by atoms with Crippen LogP contribution in [0, 0.1) is 0 Å². The van der Waals surface area contributed by atoms with Crippen molar-refractivity contribution >= 4 is 75.3 Å². The molecule has 0 fully saturated rings. The molecule has 0 atom stereocenters. The summed E-state index contributed by atoms with van der Waals surface area (Å²) in [6, 6.07) is 63.8. The van der Waals surface area contributed by atoms with Gasteiger partial charge in [-0.15, -0.1) is 11.3 Å². The summed E-state index contributed by atoms with van der Waals surface area (Å²) in [4.78, 5) is 15.1. The van der Waals surface area contributed by atoms with Gasteiger partial charge in [-0.1, -0.05) is 127 Å². The largest absolute Gasteiger partial charge is 0.456 e. The Morgan fingerprint density at radius 2 is 0.982 bits per heavy atom. The number of furan rings is 1. The number of benzene rings is 8. The summed E-state index contributed by atoms with van der Waals surface area (Å²) in [5, 5.41) is 7.03. The van der Waals surface area contributed by atoms with E-state index in [9.17, 15) is 0 Å². The molecule has 0 unspecified atom stereocenters. The molecule has 4 heterocycles. The van der Waals surface area contributed by atoms with E-state index in [1.54, 1.807) is 0 Å². The molecule has 0 saturated carbocycles. The van der Waals surface area contributed by atoms with Crippen LogP contribution in [0.5, 0.6) is 0 Å². The first-order valence-corrected chi connectivity index (χ1v) is 19.8. The van der Waals surface area contributed by atoms with Gasteiger partial charge in [-0.05, 0) is 65.7 Å². The van der Waals surface area contributed by atoms with Crippen molar-refractivity contribution in [1.29, 1.82) is 0 Å². The van der Waals surface area contributed by atoms with Crippen LogP contribution in [0.4, 0.5) is 0 Å². The lowest BCUT2D eigenvalue weighted by Gasteiger charge is -2.11. The summed E-state index contributed by atoms with van der Waals surface area (Å²) in [5.74, 6) is 1.85. The van der Waals surface area contributed by atoms with Gasteiger partial charge in [0.25, 0.3) is 0 Å². The van der Waals surface area contributed by atoms with Crippen molar-refractivity contribution < 1.29 is 4.42 Å². The quantitative estimate of drug-likeness (QED) is 0.176. The van der Waals surface area contributed by atoms with Gasteiger partial charge in [-0.3, -0.25) is 0 Å². The molecule has 0 radical (unpaired) electrons. The number of aromatic nitrogens is 4. The molecule has 4 aromatic heterocycles. The zero-order valence-electron chi connectivity index (χ0n) is 30.4. The molecule has 0 spiro atoms. The molecule has 0 N–H and O–H groups in total. The fourth-order valence-corrected chi connectivity index (χ4v) is 9.58. The van der Waals surface area contributed by atoms with Crippen molar-refractivity contribution in [3.8, 4) is 51.0 Å². The van der Waals surface area contributed by atoms with Crippen LogP contribution < -0.4 is 0 Å². The zero-order chi connectivity index (χ0) is 37.5. The van der Waals surface area contributed by atoms with E-state index in [0.29, 0.717) is 17.5 Å². The second-order valence-electron chi connectivity index (χ2n) is 14.4. The maximum atomic E-state index is 6.51. The summed E-state index contributed by atoms with van der Waals surface area (Å²) in [6.45, 7) is 0. The molecule has 266 valence electrons. The lowest BCUT2D eigenvalue weighted by Crippen LogP contribution is -2.00. The number of hydrogen-bond donors (Lipinski definition) is 0. The lowest BCUT2D eigenvalue weighted by atomic mass is 9.99. The highest BCUT2D eigenvalue weighted by molar-refractivity contribution is 7.25. The van der Waals surface area contributed by atoms with E-state index < -0.39 is 0 Å². The zero-order valence-corrected chi connectivity index (χ0v) is 31.2. The summed E-state index contributed by atoms with van der Waals surface area (Å²) in [6.07, 6.45) is 0. The normalized spacial score (nSPS) is 11.9. The first kappa shape index (κ1) is 31.9. The monoisotopic (exact) mass is 746 g/mol. The van der Waals surface area contributed by atoms with Gasteiger partial charge in [-0.25, -0.2) is 15.0 Å². The molecular formula is C51H30N4OS. The van der Waals surface area contributed by atoms with Crippen molar-refractivity contribution in [2.75, 3.05) is 0 Å². The summed E-state index contributed by atoms with van der Waals surface area (Å²) < 4.78 is 11.5. The predicted octanol–water partition coefficient (Wildman–Crippen LogP) is 13.9. The Morgan fingerprint density at radius 1 is 0.386 bits per heavy atom. The van der Waals surface area contributed by atoms with Crippen LogP contribution in [-0.4, -0.2) is 19.5 Å². The molecule has 0 saturated heterocycles. The van der Waals surface area contributed by atoms with E-state index in [1.165, 1.54) is 47.7 Å². The Morgan fingerprint density at radius 3 is 1.68 bits per heavy atom. The van der Waals surface area contributed by atoms with Crippen molar-refractivity contribution in [2.45, 2.75) is 0 Å². The third kappa shape index (κ3) is 5.04. The molecule has 0 amide bonds. The Balaban J connectivity index is 1.05. The van der Waals surface area contributed by atoms with Crippen molar-refractivity contribution in [3.05, 3.63) is 182 Å². The van der Waals surface area contributed by atoms with Gasteiger partial charge < -0.3 is 8.98 Å². The Labute approximate surface area is 330 Å². The molecule has 0 bridgehead atoms. The van der Waals surface area contributed by atoms with Gasteiger partial charge in [0.2, 0.25) is 0 Å². The predicted molar refractivity (Wildman–Crippen MR) is 236 cm³/mol. The minimum Gasteiger partial charge on any atom is -0.456 e. The van der Waals surface area contributed by atoms with Gasteiger partial charge >= 0.3 is 0 Å². The average molecular weight is 747 g/mol. The fourth-order valence-electron chi connectivity index (χ4n) is 8.48. The third-order valence-corrected chi connectivity index (χ3v) is 12.2. The van der Waals surface area contributed by atoms with E-state index in [-0.39, 0.29) is 0 Å². The van der Waals surface area contributed by atoms with Crippen LogP contribution in [0.15, 0.2) is 186 Å². The molecule has 6 heteroatoms. The standard InChI is InChI=1S/C51H30N4OS/c1-3-13-31(14-4-1)49-52-50(32-15-5-2-6-16-32)54-51(53-49)37-19-11-23-44-47(37)38-29-33(25-27-43(38)56-44)34-26-28-45-39(30-34)48-42(22-12-24-46(48)57-45)55-40-20-9-7-17-35(40)36-18-8-10-21-41(36)55/h1-30H. The first-order valence-electron chi connectivity index (χ1n) is 19.0. The fraction of sp³-hybridized carbons (Fsp3) is 0. The number of para-hydroxylation sites is 2. The third-order valence-electron chi connectivity index (χ3n) is 11.1. The molecule has 12 rings (SSSR count). The van der Waals surface area contributed by atoms with Crippen molar-refractivity contribution in [1.82, 2.24) is 19.5 Å².